The lowest BCUT2D eigenvalue weighted by molar-refractivity contribution is -0.116. The third-order valence-corrected chi connectivity index (χ3v) is 6.44. The van der Waals surface area contributed by atoms with Gasteiger partial charge in [-0.3, -0.25) is 4.79 Å². The molecule has 4 aromatic rings. The zero-order chi connectivity index (χ0) is 20.7. The summed E-state index contributed by atoms with van der Waals surface area (Å²) in [6, 6.07) is 16.1. The maximum Gasteiger partial charge on any atom is 0.237 e. The summed E-state index contributed by atoms with van der Waals surface area (Å²) in [5.41, 5.74) is 4.04. The van der Waals surface area contributed by atoms with Gasteiger partial charge in [-0.2, -0.15) is 0 Å². The molecule has 30 heavy (non-hydrogen) atoms. The Balaban J connectivity index is 1.29. The van der Waals surface area contributed by atoms with Crippen molar-refractivity contribution < 1.29 is 4.79 Å². The molecule has 0 N–H and O–H groups in total. The van der Waals surface area contributed by atoms with Gasteiger partial charge in [0.15, 0.2) is 11.0 Å². The number of amides is 1. The molecule has 152 valence electrons. The van der Waals surface area contributed by atoms with Crippen LogP contribution in [0.1, 0.15) is 18.3 Å². The van der Waals surface area contributed by atoms with Gasteiger partial charge in [0.2, 0.25) is 5.91 Å². The van der Waals surface area contributed by atoms with E-state index in [0.29, 0.717) is 17.5 Å². The van der Waals surface area contributed by atoms with Crippen LogP contribution in [0.4, 0.5) is 5.69 Å². The van der Waals surface area contributed by atoms with Crippen LogP contribution in [0, 0.1) is 0 Å². The molecule has 2 aromatic carbocycles. The molecule has 0 unspecified atom stereocenters. The predicted octanol–water partition coefficient (Wildman–Crippen LogP) is 2.68. The second-order valence-electron chi connectivity index (χ2n) is 7.43. The van der Waals surface area contributed by atoms with E-state index in [1.54, 1.807) is 0 Å². The van der Waals surface area contributed by atoms with Crippen molar-refractivity contribution in [1.29, 1.82) is 0 Å². The minimum Gasteiger partial charge on any atom is -0.308 e. The zero-order valence-corrected chi connectivity index (χ0v) is 17.6. The van der Waals surface area contributed by atoms with Gasteiger partial charge in [0, 0.05) is 18.8 Å². The molecule has 0 aliphatic carbocycles. The number of hydrogen-bond donors (Lipinski definition) is 0. The van der Waals surface area contributed by atoms with Crippen LogP contribution < -0.4 is 4.90 Å². The van der Waals surface area contributed by atoms with Gasteiger partial charge < -0.3 is 9.47 Å². The molecule has 0 saturated carbocycles. The van der Waals surface area contributed by atoms with E-state index < -0.39 is 0 Å². The molecule has 0 bridgehead atoms. The largest absolute Gasteiger partial charge is 0.308 e. The van der Waals surface area contributed by atoms with Crippen molar-refractivity contribution in [3.05, 3.63) is 59.9 Å². The lowest BCUT2D eigenvalue weighted by Crippen LogP contribution is -2.37. The van der Waals surface area contributed by atoms with Crippen LogP contribution in [-0.2, 0) is 24.8 Å². The number of carbonyl (C=O) groups excluding carboxylic acids is 1. The molecule has 0 spiro atoms. The Labute approximate surface area is 177 Å². The van der Waals surface area contributed by atoms with Gasteiger partial charge in [0.25, 0.3) is 0 Å². The van der Waals surface area contributed by atoms with Crippen LogP contribution in [0.3, 0.4) is 0 Å². The van der Waals surface area contributed by atoms with E-state index in [1.807, 2.05) is 63.7 Å². The minimum atomic E-state index is 0.0873. The quantitative estimate of drug-likeness (QED) is 0.463. The summed E-state index contributed by atoms with van der Waals surface area (Å²) in [6.07, 6.45) is 0.895. The van der Waals surface area contributed by atoms with Crippen molar-refractivity contribution in [2.45, 2.75) is 31.1 Å². The maximum atomic E-state index is 12.9. The molecule has 0 saturated heterocycles. The third-order valence-electron chi connectivity index (χ3n) is 5.44. The first-order valence-electron chi connectivity index (χ1n) is 9.81. The first-order chi connectivity index (χ1) is 14.6. The van der Waals surface area contributed by atoms with Crippen LogP contribution in [0.2, 0.25) is 0 Å². The topological polar surface area (TPSA) is 81.7 Å². The molecule has 1 aliphatic rings. The van der Waals surface area contributed by atoms with Crippen LogP contribution >= 0.6 is 11.8 Å². The molecule has 2 aromatic heterocycles. The first kappa shape index (κ1) is 18.8. The summed E-state index contributed by atoms with van der Waals surface area (Å²) in [5.74, 6) is 1.17. The molecule has 0 radical (unpaired) electrons. The molecule has 8 nitrogen and oxygen atoms in total. The average Bonchev–Trinajstić information content (AvgIpc) is 3.42. The zero-order valence-electron chi connectivity index (χ0n) is 16.8. The number of aromatic nitrogens is 6. The fraction of sp³-hybridized carbons (Fsp3) is 0.286. The summed E-state index contributed by atoms with van der Waals surface area (Å²) in [5, 5.41) is 17.7. The summed E-state index contributed by atoms with van der Waals surface area (Å²) in [7, 11) is 1.91. The van der Waals surface area contributed by atoms with E-state index in [0.717, 1.165) is 29.0 Å². The highest BCUT2D eigenvalue weighted by molar-refractivity contribution is 7.99. The Kier molecular flexibility index (Phi) is 4.74. The van der Waals surface area contributed by atoms with Crippen molar-refractivity contribution in [2.24, 2.45) is 7.05 Å². The Hall–Kier alpha value is -3.20. The Bertz CT molecular complexity index is 1230. The van der Waals surface area contributed by atoms with Gasteiger partial charge in [0.1, 0.15) is 12.1 Å². The maximum absolute atomic E-state index is 12.9. The summed E-state index contributed by atoms with van der Waals surface area (Å²) < 4.78 is 3.72. The van der Waals surface area contributed by atoms with Crippen LogP contribution in [0.15, 0.2) is 53.7 Å². The standard InChI is InChI=1S/C21H21N7OS/c1-14-11-15-7-3-5-9-17(15)28(14)20(29)13-30-21-24-23-19(26(21)2)12-27-18-10-6-4-8-16(18)22-25-27/h3-10,14H,11-13H2,1-2H3/t14-/m1/s1. The summed E-state index contributed by atoms with van der Waals surface area (Å²) >= 11 is 1.41. The van der Waals surface area contributed by atoms with Crippen molar-refractivity contribution in [3.8, 4) is 0 Å². The van der Waals surface area contributed by atoms with E-state index in [4.69, 9.17) is 0 Å². The smallest absolute Gasteiger partial charge is 0.237 e. The third kappa shape index (κ3) is 3.24. The number of anilines is 1. The van der Waals surface area contributed by atoms with E-state index in [-0.39, 0.29) is 11.9 Å². The second kappa shape index (κ2) is 7.56. The van der Waals surface area contributed by atoms with Crippen molar-refractivity contribution in [1.82, 2.24) is 29.8 Å². The molecule has 1 aliphatic heterocycles. The fourth-order valence-electron chi connectivity index (χ4n) is 3.92. The summed E-state index contributed by atoms with van der Waals surface area (Å²) in [6.45, 7) is 2.56. The number of carbonyl (C=O) groups is 1. The van der Waals surface area contributed by atoms with Crippen LogP contribution in [0.25, 0.3) is 11.0 Å². The van der Waals surface area contributed by atoms with Gasteiger partial charge in [-0.25, -0.2) is 4.68 Å². The normalized spacial score (nSPS) is 15.7. The van der Waals surface area contributed by atoms with E-state index in [1.165, 1.54) is 17.3 Å². The fourth-order valence-corrected chi connectivity index (χ4v) is 4.71. The number of rotatable bonds is 5. The highest BCUT2D eigenvalue weighted by Crippen LogP contribution is 2.32. The number of para-hydroxylation sites is 2. The highest BCUT2D eigenvalue weighted by atomic mass is 32.2. The number of thioether (sulfide) groups is 1. The van der Waals surface area contributed by atoms with Crippen molar-refractivity contribution in [3.63, 3.8) is 0 Å². The summed E-state index contributed by atoms with van der Waals surface area (Å²) in [4.78, 5) is 14.8. The molecular weight excluding hydrogens is 398 g/mol. The predicted molar refractivity (Wildman–Crippen MR) is 115 cm³/mol. The number of hydrogen-bond acceptors (Lipinski definition) is 6. The van der Waals surface area contributed by atoms with Gasteiger partial charge in [-0.05, 0) is 37.1 Å². The SMILES string of the molecule is C[C@@H]1Cc2ccccc2N1C(=O)CSc1nnc(Cn2nnc3ccccc32)n1C. The number of benzene rings is 2. The highest BCUT2D eigenvalue weighted by Gasteiger charge is 2.30. The van der Waals surface area contributed by atoms with Gasteiger partial charge in [-0.1, -0.05) is 47.3 Å². The van der Waals surface area contributed by atoms with Gasteiger partial charge in [0.05, 0.1) is 11.3 Å². The van der Waals surface area contributed by atoms with Crippen LogP contribution in [0.5, 0.6) is 0 Å². The monoisotopic (exact) mass is 419 g/mol. The van der Waals surface area contributed by atoms with E-state index >= 15 is 0 Å². The molecular formula is C21H21N7OS. The van der Waals surface area contributed by atoms with Crippen molar-refractivity contribution in [2.75, 3.05) is 10.7 Å². The van der Waals surface area contributed by atoms with E-state index in [9.17, 15) is 4.79 Å². The lowest BCUT2D eigenvalue weighted by Gasteiger charge is -2.22. The van der Waals surface area contributed by atoms with Gasteiger partial charge in [-0.15, -0.1) is 15.3 Å². The lowest BCUT2D eigenvalue weighted by atomic mass is 10.1. The van der Waals surface area contributed by atoms with Gasteiger partial charge >= 0.3 is 0 Å². The second-order valence-corrected chi connectivity index (χ2v) is 8.37. The molecule has 1 amide bonds. The number of nitrogens with zero attached hydrogens (tertiary/aromatic N) is 7. The molecule has 0 fully saturated rings. The molecule has 1 atom stereocenters. The van der Waals surface area contributed by atoms with Crippen molar-refractivity contribution >= 4 is 34.4 Å². The molecule has 3 heterocycles. The number of fused-ring (bicyclic) bond motifs is 2. The molecule has 9 heteroatoms. The Morgan fingerprint density at radius 1 is 1.10 bits per heavy atom. The minimum absolute atomic E-state index is 0.0873. The molecule has 5 rings (SSSR count). The Morgan fingerprint density at radius 3 is 2.80 bits per heavy atom. The Morgan fingerprint density at radius 2 is 1.90 bits per heavy atom. The first-order valence-corrected chi connectivity index (χ1v) is 10.8. The van der Waals surface area contributed by atoms with E-state index in [2.05, 4.69) is 33.5 Å². The van der Waals surface area contributed by atoms with Crippen LogP contribution in [-0.4, -0.2) is 47.5 Å². The average molecular weight is 420 g/mol.